The molecule has 0 aromatic carbocycles. The molecule has 1 N–H and O–H groups in total. The van der Waals surface area contributed by atoms with Crippen LogP contribution in [0.3, 0.4) is 0 Å². The van der Waals surface area contributed by atoms with Crippen molar-refractivity contribution in [3.05, 3.63) is 11.3 Å². The van der Waals surface area contributed by atoms with Crippen molar-refractivity contribution in [3.8, 4) is 0 Å². The zero-order chi connectivity index (χ0) is 13.7. The molecule has 0 radical (unpaired) electrons. The van der Waals surface area contributed by atoms with Crippen molar-refractivity contribution in [1.29, 1.82) is 0 Å². The van der Waals surface area contributed by atoms with Gasteiger partial charge >= 0.3 is 0 Å². The third kappa shape index (κ3) is 3.48. The van der Waals surface area contributed by atoms with Crippen LogP contribution >= 0.6 is 0 Å². The summed E-state index contributed by atoms with van der Waals surface area (Å²) in [6.45, 7) is 15.0. The van der Waals surface area contributed by atoms with Gasteiger partial charge in [0.05, 0.1) is 19.3 Å². The van der Waals surface area contributed by atoms with E-state index >= 15 is 0 Å². The Morgan fingerprint density at radius 1 is 1.33 bits per heavy atom. The van der Waals surface area contributed by atoms with Gasteiger partial charge in [-0.3, -0.25) is 0 Å². The van der Waals surface area contributed by atoms with Crippen molar-refractivity contribution < 1.29 is 6.16 Å². The fraction of sp³-hybridized carbons (Fsp3) is 0.867. The quantitative estimate of drug-likeness (QED) is 0.818. The van der Waals surface area contributed by atoms with E-state index in [1.165, 1.54) is 11.3 Å². The minimum Gasteiger partial charge on any atom is -0.375 e. The number of hydrogen-bond donors (Lipinski definition) is 1. The normalized spacial score (nSPS) is 22.0. The van der Waals surface area contributed by atoms with E-state index in [1.807, 2.05) is 7.05 Å². The highest BCUT2D eigenvalue weighted by Gasteiger charge is 2.28. The van der Waals surface area contributed by atoms with E-state index in [1.54, 1.807) is 0 Å². The van der Waals surface area contributed by atoms with E-state index < -0.39 is 0 Å². The number of nitrogens with one attached hydrogen (secondary N) is 1. The molecule has 0 aromatic heterocycles. The molecular formula is C15H32N2O. The Hall–Kier alpha value is -0.540. The van der Waals surface area contributed by atoms with Crippen LogP contribution in [-0.4, -0.2) is 44.3 Å². The van der Waals surface area contributed by atoms with Crippen LogP contribution in [0, 0.1) is 11.8 Å². The van der Waals surface area contributed by atoms with Crippen LogP contribution in [0.5, 0.6) is 0 Å². The lowest BCUT2D eigenvalue weighted by molar-refractivity contribution is 0.101. The van der Waals surface area contributed by atoms with Crippen molar-refractivity contribution in [1.82, 2.24) is 10.2 Å². The third-order valence-electron chi connectivity index (χ3n) is 3.67. The highest BCUT2D eigenvalue weighted by molar-refractivity contribution is 5.20. The molecular weight excluding hydrogens is 224 g/mol. The molecule has 1 aliphatic rings. The zero-order valence-electron chi connectivity index (χ0n) is 12.9. The van der Waals surface area contributed by atoms with E-state index in [2.05, 4.69) is 44.8 Å². The first-order chi connectivity index (χ1) is 8.52. The van der Waals surface area contributed by atoms with Gasteiger partial charge in [0.15, 0.2) is 0 Å². The standard InChI is InChI=1S/C15H30N2O.H2/c1-7-17-13(8-16-6)9-18-10-14(11(2)3)15(17)12(4)5;/h11-13,16H,7-10H2,1-6H3;1H. The lowest BCUT2D eigenvalue weighted by atomic mass is 9.94. The van der Waals surface area contributed by atoms with E-state index in [9.17, 15) is 0 Å². The first-order valence-corrected chi connectivity index (χ1v) is 7.24. The first-order valence-electron chi connectivity index (χ1n) is 7.24. The minimum atomic E-state index is 0. The van der Waals surface area contributed by atoms with Crippen LogP contribution in [-0.2, 0) is 4.74 Å². The maximum Gasteiger partial charge on any atom is 0.0700 e. The maximum atomic E-state index is 5.91. The summed E-state index contributed by atoms with van der Waals surface area (Å²) >= 11 is 0. The minimum absolute atomic E-state index is 0. The van der Waals surface area contributed by atoms with E-state index in [0.717, 1.165) is 26.3 Å². The van der Waals surface area contributed by atoms with Gasteiger partial charge in [-0.15, -0.1) is 0 Å². The smallest absolute Gasteiger partial charge is 0.0700 e. The highest BCUT2D eigenvalue weighted by atomic mass is 16.5. The number of ether oxygens (including phenoxy) is 1. The SMILES string of the molecule is CCN1C(C(C)C)=C(C(C)C)COCC1CNC.[HH]. The van der Waals surface area contributed by atoms with Crippen molar-refractivity contribution in [2.24, 2.45) is 11.8 Å². The molecule has 1 rings (SSSR count). The molecule has 0 aromatic rings. The molecule has 3 heteroatoms. The van der Waals surface area contributed by atoms with E-state index in [0.29, 0.717) is 17.9 Å². The number of allylic oxidation sites excluding steroid dienone is 1. The second-order valence-corrected chi connectivity index (χ2v) is 5.73. The summed E-state index contributed by atoms with van der Waals surface area (Å²) in [6.07, 6.45) is 0. The Kier molecular flexibility index (Phi) is 6.16. The van der Waals surface area contributed by atoms with Crippen LogP contribution in [0.2, 0.25) is 0 Å². The second-order valence-electron chi connectivity index (χ2n) is 5.73. The largest absolute Gasteiger partial charge is 0.375 e. The molecule has 3 nitrogen and oxygen atoms in total. The van der Waals surface area contributed by atoms with Crippen LogP contribution in [0.25, 0.3) is 0 Å². The molecule has 1 aliphatic heterocycles. The van der Waals surface area contributed by atoms with Gasteiger partial charge in [0.2, 0.25) is 0 Å². The molecule has 0 amide bonds. The average Bonchev–Trinajstić information content (AvgIpc) is 2.48. The van der Waals surface area contributed by atoms with Crippen LogP contribution < -0.4 is 5.32 Å². The molecule has 108 valence electrons. The number of hydrogen-bond acceptors (Lipinski definition) is 3. The summed E-state index contributed by atoms with van der Waals surface area (Å²) in [6, 6.07) is 0.452. The summed E-state index contributed by atoms with van der Waals surface area (Å²) in [5.74, 6) is 1.12. The predicted molar refractivity (Wildman–Crippen MR) is 79.7 cm³/mol. The first kappa shape index (κ1) is 15.5. The third-order valence-corrected chi connectivity index (χ3v) is 3.67. The summed E-state index contributed by atoms with van der Waals surface area (Å²) < 4.78 is 5.91. The maximum absolute atomic E-state index is 5.91. The average molecular weight is 256 g/mol. The van der Waals surface area contributed by atoms with Crippen molar-refractivity contribution in [2.75, 3.05) is 33.4 Å². The van der Waals surface area contributed by atoms with Gasteiger partial charge in [-0.25, -0.2) is 0 Å². The van der Waals surface area contributed by atoms with Gasteiger partial charge in [-0.05, 0) is 31.4 Å². The Morgan fingerprint density at radius 2 is 2.00 bits per heavy atom. The molecule has 0 bridgehead atoms. The van der Waals surface area contributed by atoms with Crippen LogP contribution in [0.1, 0.15) is 36.0 Å². The summed E-state index contributed by atoms with van der Waals surface area (Å²) in [5.41, 5.74) is 2.98. The topological polar surface area (TPSA) is 24.5 Å². The van der Waals surface area contributed by atoms with Gasteiger partial charge in [-0.1, -0.05) is 27.7 Å². The van der Waals surface area contributed by atoms with Gasteiger partial charge in [-0.2, -0.15) is 0 Å². The summed E-state index contributed by atoms with van der Waals surface area (Å²) in [7, 11) is 2.01. The van der Waals surface area contributed by atoms with Gasteiger partial charge < -0.3 is 15.0 Å². The lowest BCUT2D eigenvalue weighted by Crippen LogP contribution is -2.44. The zero-order valence-corrected chi connectivity index (χ0v) is 12.9. The summed E-state index contributed by atoms with van der Waals surface area (Å²) in [4.78, 5) is 2.55. The molecule has 1 unspecified atom stereocenters. The molecule has 1 heterocycles. The number of nitrogens with zero attached hydrogens (tertiary/aromatic N) is 1. The summed E-state index contributed by atoms with van der Waals surface area (Å²) in [5, 5.41) is 3.29. The van der Waals surface area contributed by atoms with Crippen molar-refractivity contribution >= 4 is 0 Å². The fourth-order valence-electron chi connectivity index (χ4n) is 2.85. The Bertz CT molecular complexity index is 290. The van der Waals surface area contributed by atoms with Gasteiger partial charge in [0, 0.05) is 20.2 Å². The molecule has 0 fully saturated rings. The molecule has 0 spiro atoms. The van der Waals surface area contributed by atoms with Crippen molar-refractivity contribution in [3.63, 3.8) is 0 Å². The molecule has 0 saturated carbocycles. The molecule has 1 atom stereocenters. The highest BCUT2D eigenvalue weighted by Crippen LogP contribution is 2.29. The predicted octanol–water partition coefficient (Wildman–Crippen LogP) is 2.74. The van der Waals surface area contributed by atoms with E-state index in [-0.39, 0.29) is 1.43 Å². The molecule has 0 saturated heterocycles. The Labute approximate surface area is 114 Å². The molecule has 0 aliphatic carbocycles. The second kappa shape index (κ2) is 7.15. The van der Waals surface area contributed by atoms with Crippen molar-refractivity contribution in [2.45, 2.75) is 40.7 Å². The van der Waals surface area contributed by atoms with Crippen LogP contribution in [0.4, 0.5) is 0 Å². The number of rotatable bonds is 5. The number of likely N-dealkylation sites (N-methyl/N-ethyl adjacent to an activating group) is 2. The fourth-order valence-corrected chi connectivity index (χ4v) is 2.85. The van der Waals surface area contributed by atoms with Gasteiger partial charge in [0.25, 0.3) is 0 Å². The Balaban J connectivity index is 0.00000324. The van der Waals surface area contributed by atoms with Gasteiger partial charge in [0.1, 0.15) is 0 Å². The lowest BCUT2D eigenvalue weighted by Gasteiger charge is -2.36. The Morgan fingerprint density at radius 3 is 2.44 bits per heavy atom. The van der Waals surface area contributed by atoms with Crippen LogP contribution in [0.15, 0.2) is 11.3 Å². The molecule has 18 heavy (non-hydrogen) atoms. The van der Waals surface area contributed by atoms with E-state index in [4.69, 9.17) is 4.74 Å². The monoisotopic (exact) mass is 256 g/mol.